The highest BCUT2D eigenvalue weighted by atomic mass is 28.4. The van der Waals surface area contributed by atoms with Crippen molar-refractivity contribution in [3.8, 4) is 11.8 Å². The molecule has 1 heterocycles. The Bertz CT molecular complexity index is 661. The van der Waals surface area contributed by atoms with Gasteiger partial charge in [-0.1, -0.05) is 51.9 Å². The number of fused-ring (bicyclic) bond motifs is 2. The lowest BCUT2D eigenvalue weighted by Crippen LogP contribution is -2.60. The van der Waals surface area contributed by atoms with Gasteiger partial charge in [-0.25, -0.2) is 0 Å². The number of hydrogen-bond acceptors (Lipinski definition) is 4. The van der Waals surface area contributed by atoms with Crippen LogP contribution in [0.3, 0.4) is 0 Å². The third-order valence-electron chi connectivity index (χ3n) is 8.73. The van der Waals surface area contributed by atoms with Gasteiger partial charge in [0.2, 0.25) is 0 Å². The molecule has 5 atom stereocenters. The zero-order valence-electron chi connectivity index (χ0n) is 19.7. The molecule has 4 aliphatic rings. The molecule has 5 heteroatoms. The second-order valence-electron chi connectivity index (χ2n) is 11.6. The molecular weight excluding hydrogens is 392 g/mol. The largest absolute Gasteiger partial charge is 0.403 e. The highest BCUT2D eigenvalue weighted by Gasteiger charge is 2.62. The molecule has 0 amide bonds. The lowest BCUT2D eigenvalue weighted by molar-refractivity contribution is -0.296. The number of aliphatic hydroxyl groups excluding tert-OH is 1. The van der Waals surface area contributed by atoms with Gasteiger partial charge < -0.3 is 19.0 Å². The van der Waals surface area contributed by atoms with Gasteiger partial charge in [-0.3, -0.25) is 0 Å². The minimum Gasteiger partial charge on any atom is -0.403 e. The van der Waals surface area contributed by atoms with E-state index in [1.54, 1.807) is 0 Å². The van der Waals surface area contributed by atoms with Crippen LogP contribution in [0.4, 0.5) is 0 Å². The van der Waals surface area contributed by atoms with Gasteiger partial charge in [-0.2, -0.15) is 0 Å². The summed E-state index contributed by atoms with van der Waals surface area (Å²) < 4.78 is 18.8. The Morgan fingerprint density at radius 3 is 2.33 bits per heavy atom. The van der Waals surface area contributed by atoms with Gasteiger partial charge in [-0.05, 0) is 55.7 Å². The van der Waals surface area contributed by atoms with Crippen LogP contribution in [0, 0.1) is 35.5 Å². The Balaban J connectivity index is 1.52. The van der Waals surface area contributed by atoms with Crippen molar-refractivity contribution in [1.82, 2.24) is 0 Å². The van der Waals surface area contributed by atoms with Crippen LogP contribution >= 0.6 is 0 Å². The SMILES string of the molecule is CC(C)(C)[Si](C)(C)O[C@H](C#C[C@H]1[C@@H]2CC3(OCCO3)[C@@H]2CC[C@@H]1O)C1CCCCC1. The molecular formula is C25H42O4Si. The van der Waals surface area contributed by atoms with Crippen LogP contribution in [0.1, 0.15) is 72.1 Å². The molecule has 0 unspecified atom stereocenters. The summed E-state index contributed by atoms with van der Waals surface area (Å²) in [6.45, 7) is 13.0. The lowest BCUT2D eigenvalue weighted by Gasteiger charge is -2.56. The third kappa shape index (κ3) is 4.28. The molecule has 3 saturated carbocycles. The van der Waals surface area contributed by atoms with E-state index in [1.807, 2.05) is 0 Å². The Morgan fingerprint density at radius 1 is 1.03 bits per heavy atom. The summed E-state index contributed by atoms with van der Waals surface area (Å²) in [5.41, 5.74) is 0. The molecule has 1 saturated heterocycles. The molecule has 4 rings (SSSR count). The van der Waals surface area contributed by atoms with Gasteiger partial charge >= 0.3 is 0 Å². The standard InChI is InChI=1S/C25H42O4Si/c1-24(2,3)30(4,5)29-23(18-9-7-6-8-10-18)14-11-19-20-17-25(27-15-16-28-25)21(20)12-13-22(19)26/h18-23,26H,6-10,12-13,15-17H2,1-5H3/t19-,20-,21+,22-,23+/m0/s1. The fourth-order valence-electron chi connectivity index (χ4n) is 5.77. The molecule has 0 aromatic heterocycles. The number of ether oxygens (including phenoxy) is 2. The molecule has 4 fully saturated rings. The quantitative estimate of drug-likeness (QED) is 0.495. The Morgan fingerprint density at radius 2 is 1.70 bits per heavy atom. The summed E-state index contributed by atoms with van der Waals surface area (Å²) >= 11 is 0. The van der Waals surface area contributed by atoms with Gasteiger partial charge in [0.25, 0.3) is 0 Å². The lowest BCUT2D eigenvalue weighted by atomic mass is 9.56. The molecule has 0 aromatic carbocycles. The molecule has 170 valence electrons. The summed E-state index contributed by atoms with van der Waals surface area (Å²) in [7, 11) is -1.90. The minimum absolute atomic E-state index is 0.00628. The van der Waals surface area contributed by atoms with Crippen LogP contribution < -0.4 is 0 Å². The molecule has 4 nitrogen and oxygen atoms in total. The zero-order valence-corrected chi connectivity index (χ0v) is 20.7. The van der Waals surface area contributed by atoms with Gasteiger partial charge in [0.05, 0.1) is 19.3 Å². The van der Waals surface area contributed by atoms with Gasteiger partial charge in [0, 0.05) is 18.3 Å². The fourth-order valence-corrected chi connectivity index (χ4v) is 7.01. The van der Waals surface area contributed by atoms with Crippen molar-refractivity contribution in [2.45, 2.75) is 108 Å². The van der Waals surface area contributed by atoms with Crippen molar-refractivity contribution in [3.63, 3.8) is 0 Å². The Hall–Kier alpha value is -0.383. The normalized spacial score (nSPS) is 35.3. The van der Waals surface area contributed by atoms with E-state index in [4.69, 9.17) is 13.9 Å². The van der Waals surface area contributed by atoms with Crippen molar-refractivity contribution in [1.29, 1.82) is 0 Å². The Labute approximate surface area is 184 Å². The first kappa shape index (κ1) is 22.8. The fraction of sp³-hybridized carbons (Fsp3) is 0.920. The molecule has 30 heavy (non-hydrogen) atoms. The van der Waals surface area contributed by atoms with Crippen molar-refractivity contribution in [2.75, 3.05) is 13.2 Å². The second-order valence-corrected chi connectivity index (χ2v) is 16.4. The highest BCUT2D eigenvalue weighted by Crippen LogP contribution is 2.57. The van der Waals surface area contributed by atoms with Crippen LogP contribution in [0.5, 0.6) is 0 Å². The topological polar surface area (TPSA) is 47.9 Å². The molecule has 3 aliphatic carbocycles. The smallest absolute Gasteiger partial charge is 0.193 e. The maximum Gasteiger partial charge on any atom is 0.193 e. The summed E-state index contributed by atoms with van der Waals surface area (Å²) in [4.78, 5) is 0. The average molecular weight is 435 g/mol. The summed E-state index contributed by atoms with van der Waals surface area (Å²) in [5.74, 6) is 8.13. The summed E-state index contributed by atoms with van der Waals surface area (Å²) in [6.07, 6.45) is 8.69. The predicted octanol–water partition coefficient (Wildman–Crippen LogP) is 5.11. The summed E-state index contributed by atoms with van der Waals surface area (Å²) in [6, 6.07) is 0. The molecule has 0 radical (unpaired) electrons. The molecule has 1 spiro atoms. The molecule has 1 N–H and O–H groups in total. The number of rotatable bonds is 3. The maximum atomic E-state index is 10.8. The highest BCUT2D eigenvalue weighted by molar-refractivity contribution is 6.74. The number of aliphatic hydroxyl groups is 1. The zero-order chi connectivity index (χ0) is 21.6. The van der Waals surface area contributed by atoms with E-state index < -0.39 is 8.32 Å². The first-order chi connectivity index (χ1) is 14.1. The van der Waals surface area contributed by atoms with Crippen LogP contribution in [-0.2, 0) is 13.9 Å². The van der Waals surface area contributed by atoms with Gasteiger partial charge in [0.1, 0.15) is 6.10 Å². The van der Waals surface area contributed by atoms with E-state index in [0.717, 1.165) is 19.3 Å². The first-order valence-electron chi connectivity index (χ1n) is 12.3. The van der Waals surface area contributed by atoms with Crippen LogP contribution in [0.15, 0.2) is 0 Å². The van der Waals surface area contributed by atoms with E-state index in [2.05, 4.69) is 45.7 Å². The van der Waals surface area contributed by atoms with Crippen molar-refractivity contribution >= 4 is 8.32 Å². The monoisotopic (exact) mass is 434 g/mol. The third-order valence-corrected chi connectivity index (χ3v) is 13.2. The molecule has 0 bridgehead atoms. The van der Waals surface area contributed by atoms with E-state index in [1.165, 1.54) is 32.1 Å². The van der Waals surface area contributed by atoms with Crippen molar-refractivity contribution < 1.29 is 19.0 Å². The first-order valence-corrected chi connectivity index (χ1v) is 15.2. The molecule has 1 aliphatic heterocycles. The second kappa shape index (κ2) is 8.52. The predicted molar refractivity (Wildman–Crippen MR) is 121 cm³/mol. The van der Waals surface area contributed by atoms with Crippen molar-refractivity contribution in [2.24, 2.45) is 23.7 Å². The van der Waals surface area contributed by atoms with Gasteiger partial charge in [0.15, 0.2) is 14.1 Å². The molecule has 0 aromatic rings. The van der Waals surface area contributed by atoms with Gasteiger partial charge in [-0.15, -0.1) is 0 Å². The van der Waals surface area contributed by atoms with E-state index in [0.29, 0.717) is 31.0 Å². The Kier molecular flexibility index (Phi) is 6.47. The maximum absolute atomic E-state index is 10.8. The van der Waals surface area contributed by atoms with E-state index in [-0.39, 0.29) is 29.0 Å². The van der Waals surface area contributed by atoms with E-state index in [9.17, 15) is 5.11 Å². The number of hydrogen-bond donors (Lipinski definition) is 1. The van der Waals surface area contributed by atoms with Crippen LogP contribution in [0.25, 0.3) is 0 Å². The minimum atomic E-state index is -1.90. The van der Waals surface area contributed by atoms with Crippen LogP contribution in [0.2, 0.25) is 18.1 Å². The van der Waals surface area contributed by atoms with E-state index >= 15 is 0 Å². The van der Waals surface area contributed by atoms with Crippen molar-refractivity contribution in [3.05, 3.63) is 0 Å². The van der Waals surface area contributed by atoms with Crippen LogP contribution in [-0.4, -0.2) is 44.6 Å². The summed E-state index contributed by atoms with van der Waals surface area (Å²) in [5, 5.41) is 11.0. The average Bonchev–Trinajstić information content (AvgIpc) is 3.17.